The second kappa shape index (κ2) is 13.1. The van der Waals surface area contributed by atoms with Crippen LogP contribution in [-0.2, 0) is 0 Å². The lowest BCUT2D eigenvalue weighted by atomic mass is 9.90. The Morgan fingerprint density at radius 3 is 1.38 bits per heavy atom. The van der Waals surface area contributed by atoms with E-state index in [2.05, 4.69) is 211 Å². The van der Waals surface area contributed by atoms with Crippen LogP contribution in [0.4, 0.5) is 11.4 Å². The van der Waals surface area contributed by atoms with E-state index in [1.807, 2.05) is 0 Å². The summed E-state index contributed by atoms with van der Waals surface area (Å²) in [6.45, 7) is 0. The monoisotopic (exact) mass is 675 g/mol. The number of hydrogen-bond donors (Lipinski definition) is 0. The van der Waals surface area contributed by atoms with Crippen molar-refractivity contribution in [3.05, 3.63) is 218 Å². The van der Waals surface area contributed by atoms with Gasteiger partial charge in [-0.1, -0.05) is 164 Å². The molecule has 1 aliphatic carbocycles. The van der Waals surface area contributed by atoms with Gasteiger partial charge in [-0.05, 0) is 120 Å². The third kappa shape index (κ3) is 5.59. The van der Waals surface area contributed by atoms with Crippen LogP contribution in [0.15, 0.2) is 212 Å². The van der Waals surface area contributed by atoms with Crippen LogP contribution < -0.4 is 4.90 Å². The molecule has 0 radical (unpaired) electrons. The molecule has 9 aromatic rings. The Bertz CT molecular complexity index is 2720. The van der Waals surface area contributed by atoms with E-state index >= 15 is 0 Å². The van der Waals surface area contributed by atoms with E-state index in [4.69, 9.17) is 0 Å². The van der Waals surface area contributed by atoms with Gasteiger partial charge in [-0.25, -0.2) is 0 Å². The summed E-state index contributed by atoms with van der Waals surface area (Å²) < 4.78 is 0. The lowest BCUT2D eigenvalue weighted by molar-refractivity contribution is 0.840. The highest BCUT2D eigenvalue weighted by Gasteiger charge is 2.20. The highest BCUT2D eigenvalue weighted by molar-refractivity contribution is 6.15. The van der Waals surface area contributed by atoms with Gasteiger partial charge in [0, 0.05) is 23.0 Å². The van der Waals surface area contributed by atoms with Crippen LogP contribution in [0.25, 0.3) is 65.3 Å². The maximum atomic E-state index is 2.44. The normalized spacial score (nSPS) is 14.2. The molecule has 10 rings (SSSR count). The Balaban J connectivity index is 1.14. The van der Waals surface area contributed by atoms with E-state index in [1.54, 1.807) is 0 Å². The first-order chi connectivity index (χ1) is 26.3. The Hall–Kier alpha value is -6.70. The predicted octanol–water partition coefficient (Wildman–Crippen LogP) is 14.4. The summed E-state index contributed by atoms with van der Waals surface area (Å²) in [7, 11) is 0. The summed E-state index contributed by atoms with van der Waals surface area (Å²) in [5.41, 5.74) is 9.69. The largest absolute Gasteiger partial charge is 0.311 e. The summed E-state index contributed by atoms with van der Waals surface area (Å²) in [4.78, 5) is 2.44. The van der Waals surface area contributed by atoms with Gasteiger partial charge < -0.3 is 4.90 Å². The molecule has 0 bridgehead atoms. The molecule has 9 aromatic carbocycles. The second-order valence-corrected chi connectivity index (χ2v) is 14.1. The van der Waals surface area contributed by atoms with E-state index in [0.717, 1.165) is 17.8 Å². The van der Waals surface area contributed by atoms with Crippen LogP contribution in [-0.4, -0.2) is 0 Å². The summed E-state index contributed by atoms with van der Waals surface area (Å²) in [6.07, 6.45) is 8.04. The van der Waals surface area contributed by atoms with Gasteiger partial charge in [0.2, 0.25) is 0 Å². The van der Waals surface area contributed by atoms with Crippen LogP contribution in [0.3, 0.4) is 0 Å². The Morgan fingerprint density at radius 2 is 0.868 bits per heavy atom. The van der Waals surface area contributed by atoms with Gasteiger partial charge in [-0.3, -0.25) is 0 Å². The zero-order chi connectivity index (χ0) is 35.1. The zero-order valence-corrected chi connectivity index (χ0v) is 29.4. The fourth-order valence-corrected chi connectivity index (χ4v) is 8.38. The van der Waals surface area contributed by atoms with Crippen molar-refractivity contribution in [3.8, 4) is 22.3 Å². The van der Waals surface area contributed by atoms with Gasteiger partial charge >= 0.3 is 0 Å². The third-order valence-corrected chi connectivity index (χ3v) is 10.9. The van der Waals surface area contributed by atoms with Gasteiger partial charge in [0.25, 0.3) is 0 Å². The van der Waals surface area contributed by atoms with Crippen LogP contribution in [0.1, 0.15) is 17.9 Å². The van der Waals surface area contributed by atoms with Crippen LogP contribution >= 0.6 is 0 Å². The highest BCUT2D eigenvalue weighted by Crippen LogP contribution is 2.42. The Labute approximate surface area is 310 Å². The standard InChI is InChI=1S/C52H37N/c1-2-14-36(15-3-1)37-28-30-42(31-29-37)53(43-20-12-18-38(32-43)51-34-40-16-4-6-22-45(40)47-24-8-10-26-49(47)51)44-21-13-19-39(33-44)52-35-41-17-5-7-23-46(41)48-25-9-11-27-50(48)52/h1-28,30-35,37H,29H2/t37-/m0/s1. The first-order valence-electron chi connectivity index (χ1n) is 18.5. The summed E-state index contributed by atoms with van der Waals surface area (Å²) in [5.74, 6) is 0.354. The highest BCUT2D eigenvalue weighted by atomic mass is 15.1. The molecule has 0 aliphatic heterocycles. The minimum atomic E-state index is 0.354. The van der Waals surface area contributed by atoms with E-state index < -0.39 is 0 Å². The lowest BCUT2D eigenvalue weighted by Gasteiger charge is -2.30. The van der Waals surface area contributed by atoms with E-state index in [9.17, 15) is 0 Å². The molecule has 1 heteroatoms. The minimum absolute atomic E-state index is 0.354. The smallest absolute Gasteiger partial charge is 0.0467 e. The molecule has 0 N–H and O–H groups in total. The number of hydrogen-bond acceptors (Lipinski definition) is 1. The van der Waals surface area contributed by atoms with Crippen LogP contribution in [0.5, 0.6) is 0 Å². The van der Waals surface area contributed by atoms with Gasteiger partial charge in [-0.15, -0.1) is 0 Å². The lowest BCUT2D eigenvalue weighted by Crippen LogP contribution is -2.17. The second-order valence-electron chi connectivity index (χ2n) is 14.1. The van der Waals surface area contributed by atoms with Gasteiger partial charge in [0.15, 0.2) is 0 Å². The third-order valence-electron chi connectivity index (χ3n) is 10.9. The molecule has 53 heavy (non-hydrogen) atoms. The number of allylic oxidation sites excluding steroid dienone is 3. The van der Waals surface area contributed by atoms with E-state index in [0.29, 0.717) is 5.92 Å². The van der Waals surface area contributed by atoms with Crippen molar-refractivity contribution in [3.63, 3.8) is 0 Å². The number of anilines is 2. The average molecular weight is 676 g/mol. The van der Waals surface area contributed by atoms with Crippen LogP contribution in [0, 0.1) is 0 Å². The van der Waals surface area contributed by atoms with Gasteiger partial charge in [0.05, 0.1) is 0 Å². The van der Waals surface area contributed by atoms with Crippen molar-refractivity contribution in [2.75, 3.05) is 4.90 Å². The molecule has 0 heterocycles. The van der Waals surface area contributed by atoms with Crippen molar-refractivity contribution in [1.29, 1.82) is 0 Å². The molecular weight excluding hydrogens is 639 g/mol. The van der Waals surface area contributed by atoms with Crippen molar-refractivity contribution in [2.45, 2.75) is 12.3 Å². The van der Waals surface area contributed by atoms with Crippen molar-refractivity contribution < 1.29 is 0 Å². The molecule has 1 nitrogen and oxygen atoms in total. The maximum absolute atomic E-state index is 2.44. The SMILES string of the molecule is C1=C[C@H](c2ccccc2)CC=C1N(c1cccc(-c2cc3ccccc3c3ccccc23)c1)c1cccc(-c2cc3ccccc3c3ccccc23)c1. The van der Waals surface area contributed by atoms with E-state index in [1.165, 1.54) is 76.6 Å². The molecular formula is C52H37N. The van der Waals surface area contributed by atoms with Crippen molar-refractivity contribution >= 4 is 54.5 Å². The zero-order valence-electron chi connectivity index (χ0n) is 29.4. The van der Waals surface area contributed by atoms with Crippen LogP contribution in [0.2, 0.25) is 0 Å². The van der Waals surface area contributed by atoms with Gasteiger partial charge in [-0.2, -0.15) is 0 Å². The fraction of sp³-hybridized carbons (Fsp3) is 0.0385. The molecule has 250 valence electrons. The molecule has 0 spiro atoms. The quantitative estimate of drug-likeness (QED) is 0.159. The van der Waals surface area contributed by atoms with Crippen molar-refractivity contribution in [1.82, 2.24) is 0 Å². The molecule has 0 saturated heterocycles. The predicted molar refractivity (Wildman–Crippen MR) is 227 cm³/mol. The summed E-state index contributed by atoms with van der Waals surface area (Å²) in [5, 5.41) is 10.2. The molecule has 0 unspecified atom stereocenters. The fourth-order valence-electron chi connectivity index (χ4n) is 8.38. The molecule has 1 atom stereocenters. The number of nitrogens with zero attached hydrogens (tertiary/aromatic N) is 1. The molecule has 0 fully saturated rings. The first kappa shape index (κ1) is 31.1. The van der Waals surface area contributed by atoms with Gasteiger partial charge in [0.1, 0.15) is 0 Å². The molecule has 0 saturated carbocycles. The summed E-state index contributed by atoms with van der Waals surface area (Å²) in [6, 6.07) is 68.8. The topological polar surface area (TPSA) is 3.24 Å². The number of benzene rings is 9. The molecule has 1 aliphatic rings. The maximum Gasteiger partial charge on any atom is 0.0467 e. The van der Waals surface area contributed by atoms with Crippen molar-refractivity contribution in [2.24, 2.45) is 0 Å². The average Bonchev–Trinajstić information content (AvgIpc) is 3.24. The Kier molecular flexibility index (Phi) is 7.69. The number of rotatable bonds is 6. The molecule has 0 amide bonds. The minimum Gasteiger partial charge on any atom is -0.311 e. The first-order valence-corrected chi connectivity index (χ1v) is 18.5. The number of fused-ring (bicyclic) bond motifs is 6. The molecule has 0 aromatic heterocycles. The Morgan fingerprint density at radius 1 is 0.396 bits per heavy atom. The van der Waals surface area contributed by atoms with E-state index in [-0.39, 0.29) is 0 Å². The summed E-state index contributed by atoms with van der Waals surface area (Å²) >= 11 is 0.